The zero-order chi connectivity index (χ0) is 27.4. The van der Waals surface area contributed by atoms with Crippen LogP contribution in [0.2, 0.25) is 0 Å². The second kappa shape index (κ2) is 12.4. The molecule has 3 aromatic rings. The Balaban J connectivity index is 1.53. The zero-order valence-electron chi connectivity index (χ0n) is 24.0. The lowest BCUT2D eigenvalue weighted by Gasteiger charge is -2.29. The molecule has 3 heterocycles. The predicted molar refractivity (Wildman–Crippen MR) is 166 cm³/mol. The van der Waals surface area contributed by atoms with Gasteiger partial charge in [-0.15, -0.1) is 11.3 Å². The van der Waals surface area contributed by atoms with E-state index in [1.165, 1.54) is 58.7 Å². The Morgan fingerprint density at radius 2 is 1.82 bits per heavy atom. The van der Waals surface area contributed by atoms with Gasteiger partial charge in [-0.05, 0) is 70.9 Å². The summed E-state index contributed by atoms with van der Waals surface area (Å²) >= 11 is 1.87. The molecule has 2 fully saturated rings. The summed E-state index contributed by atoms with van der Waals surface area (Å²) in [7, 11) is 1.73. The van der Waals surface area contributed by atoms with Gasteiger partial charge in [-0.2, -0.15) is 0 Å². The second-order valence-electron chi connectivity index (χ2n) is 10.9. The van der Waals surface area contributed by atoms with E-state index in [4.69, 9.17) is 14.5 Å². The number of aryl methyl sites for hydroxylation is 1. The lowest BCUT2D eigenvalue weighted by molar-refractivity contribution is 0.122. The average molecular weight is 547 g/mol. The Bertz CT molecular complexity index is 1340. The van der Waals surface area contributed by atoms with Crippen LogP contribution in [0.4, 0.5) is 17.2 Å². The summed E-state index contributed by atoms with van der Waals surface area (Å²) in [5.74, 6) is 2.70. The standard InChI is InChI=1S/C32H42N4O2S/c1-22(2)19-25-20-29(31-14-11-23(3)39-31)36(26-9-7-6-8-10-26)32(25)34-24(4)33-28-13-12-27(21-30(28)37-5)35-15-17-38-18-16-35/h11-14,19-21,26H,6-10,15-18H2,1-5H3,(H,33,34). The van der Waals surface area contributed by atoms with Crippen molar-refractivity contribution in [3.63, 3.8) is 0 Å². The Hall–Kier alpha value is -3.03. The third-order valence-corrected chi connectivity index (χ3v) is 8.59. The maximum atomic E-state index is 5.80. The number of rotatable bonds is 7. The molecule has 1 aliphatic heterocycles. The molecule has 6 nitrogen and oxygen atoms in total. The van der Waals surface area contributed by atoms with E-state index in [2.05, 4.69) is 85.0 Å². The van der Waals surface area contributed by atoms with Gasteiger partial charge in [0.05, 0.1) is 36.6 Å². The summed E-state index contributed by atoms with van der Waals surface area (Å²) in [5.41, 5.74) is 5.81. The van der Waals surface area contributed by atoms with Gasteiger partial charge in [-0.1, -0.05) is 30.9 Å². The molecule has 0 unspecified atom stereocenters. The average Bonchev–Trinajstić information content (AvgIpc) is 3.52. The number of benzene rings is 1. The number of hydrogen-bond donors (Lipinski definition) is 1. The van der Waals surface area contributed by atoms with Crippen LogP contribution in [0, 0.1) is 6.92 Å². The Kier molecular flexibility index (Phi) is 8.78. The molecule has 1 aromatic carbocycles. The molecule has 0 radical (unpaired) electrons. The van der Waals surface area contributed by atoms with Crippen molar-refractivity contribution in [1.82, 2.24) is 4.57 Å². The first kappa shape index (κ1) is 27.5. The molecule has 0 atom stereocenters. The van der Waals surface area contributed by atoms with E-state index >= 15 is 0 Å². The highest BCUT2D eigenvalue weighted by molar-refractivity contribution is 7.15. The normalized spacial score (nSPS) is 16.8. The number of amidine groups is 1. The van der Waals surface area contributed by atoms with Gasteiger partial charge in [0.1, 0.15) is 17.4 Å². The maximum Gasteiger partial charge on any atom is 0.144 e. The molecule has 208 valence electrons. The number of ether oxygens (including phenoxy) is 2. The van der Waals surface area contributed by atoms with Gasteiger partial charge in [0.15, 0.2) is 0 Å². The Labute approximate surface area is 237 Å². The van der Waals surface area contributed by atoms with Crippen LogP contribution >= 0.6 is 11.3 Å². The molecule has 7 heteroatoms. The minimum atomic E-state index is 0.462. The van der Waals surface area contributed by atoms with Crippen molar-refractivity contribution in [2.24, 2.45) is 4.99 Å². The first-order valence-electron chi connectivity index (χ1n) is 14.2. The van der Waals surface area contributed by atoms with E-state index in [9.17, 15) is 0 Å². The third kappa shape index (κ3) is 6.42. The monoisotopic (exact) mass is 546 g/mol. The summed E-state index contributed by atoms with van der Waals surface area (Å²) in [5, 5.41) is 3.55. The molecule has 0 amide bonds. The number of hydrogen-bond acceptors (Lipinski definition) is 5. The maximum absolute atomic E-state index is 5.80. The van der Waals surface area contributed by atoms with Crippen LogP contribution in [0.5, 0.6) is 5.75 Å². The number of methoxy groups -OCH3 is 1. The molecule has 1 aliphatic carbocycles. The number of morpholine rings is 1. The molecule has 0 bridgehead atoms. The molecule has 1 saturated heterocycles. The van der Waals surface area contributed by atoms with E-state index in [-0.39, 0.29) is 0 Å². The summed E-state index contributed by atoms with van der Waals surface area (Å²) in [4.78, 5) is 10.3. The van der Waals surface area contributed by atoms with Gasteiger partial charge in [-0.25, -0.2) is 4.99 Å². The molecular formula is C32H42N4O2S. The van der Waals surface area contributed by atoms with Crippen molar-refractivity contribution in [2.45, 2.75) is 65.8 Å². The van der Waals surface area contributed by atoms with E-state index in [1.54, 1.807) is 7.11 Å². The van der Waals surface area contributed by atoms with Crippen LogP contribution in [0.1, 0.15) is 69.4 Å². The van der Waals surface area contributed by atoms with Crippen LogP contribution in [0.25, 0.3) is 16.6 Å². The molecule has 1 N–H and O–H groups in total. The highest BCUT2D eigenvalue weighted by Crippen LogP contribution is 2.43. The van der Waals surface area contributed by atoms with Gasteiger partial charge in [0.25, 0.3) is 0 Å². The molecule has 0 spiro atoms. The Morgan fingerprint density at radius 3 is 2.49 bits per heavy atom. The van der Waals surface area contributed by atoms with Crippen LogP contribution in [0.3, 0.4) is 0 Å². The van der Waals surface area contributed by atoms with Gasteiger partial charge < -0.3 is 24.3 Å². The van der Waals surface area contributed by atoms with Gasteiger partial charge >= 0.3 is 0 Å². The van der Waals surface area contributed by atoms with Gasteiger partial charge in [0, 0.05) is 41.3 Å². The Morgan fingerprint density at radius 1 is 1.05 bits per heavy atom. The highest BCUT2D eigenvalue weighted by atomic mass is 32.1. The topological polar surface area (TPSA) is 51.0 Å². The molecule has 5 rings (SSSR count). The van der Waals surface area contributed by atoms with Crippen molar-refractivity contribution >= 4 is 40.4 Å². The lowest BCUT2D eigenvalue weighted by Crippen LogP contribution is -2.36. The van der Waals surface area contributed by atoms with Crippen molar-refractivity contribution in [3.05, 3.63) is 52.4 Å². The summed E-state index contributed by atoms with van der Waals surface area (Å²) in [6.45, 7) is 11.9. The second-order valence-corrected chi connectivity index (χ2v) is 12.2. The van der Waals surface area contributed by atoms with E-state index in [0.29, 0.717) is 6.04 Å². The first-order valence-corrected chi connectivity index (χ1v) is 15.0. The molecular weight excluding hydrogens is 504 g/mol. The summed E-state index contributed by atoms with van der Waals surface area (Å²) in [6, 6.07) is 13.7. The van der Waals surface area contributed by atoms with E-state index in [1.807, 2.05) is 11.3 Å². The number of allylic oxidation sites excluding steroid dienone is 1. The minimum Gasteiger partial charge on any atom is -0.494 e. The van der Waals surface area contributed by atoms with Crippen molar-refractivity contribution < 1.29 is 9.47 Å². The van der Waals surface area contributed by atoms with E-state index in [0.717, 1.165) is 55.1 Å². The number of nitrogens with zero attached hydrogens (tertiary/aromatic N) is 3. The van der Waals surface area contributed by atoms with E-state index < -0.39 is 0 Å². The molecule has 1 saturated carbocycles. The van der Waals surface area contributed by atoms with Crippen LogP contribution in [-0.4, -0.2) is 43.8 Å². The quantitative estimate of drug-likeness (QED) is 0.239. The van der Waals surface area contributed by atoms with Crippen molar-refractivity contribution in [2.75, 3.05) is 43.6 Å². The SMILES string of the molecule is COc1cc(N2CCOCC2)ccc1N/C(C)=N/c1c(C=C(C)C)cc(-c2ccc(C)s2)n1C1CCCCC1. The van der Waals surface area contributed by atoms with Crippen molar-refractivity contribution in [3.8, 4) is 16.3 Å². The molecule has 2 aromatic heterocycles. The van der Waals surface area contributed by atoms with Gasteiger partial charge in [0.2, 0.25) is 0 Å². The number of aromatic nitrogens is 1. The summed E-state index contributed by atoms with van der Waals surface area (Å²) in [6.07, 6.45) is 8.55. The fraction of sp³-hybridized carbons (Fsp3) is 0.469. The largest absolute Gasteiger partial charge is 0.494 e. The van der Waals surface area contributed by atoms with Crippen LogP contribution in [0.15, 0.2) is 47.0 Å². The fourth-order valence-corrected chi connectivity index (χ4v) is 6.61. The number of nitrogens with one attached hydrogen (secondary N) is 1. The third-order valence-electron chi connectivity index (χ3n) is 7.57. The highest BCUT2D eigenvalue weighted by Gasteiger charge is 2.25. The van der Waals surface area contributed by atoms with Gasteiger partial charge in [-0.3, -0.25) is 0 Å². The molecule has 39 heavy (non-hydrogen) atoms. The fourth-order valence-electron chi connectivity index (χ4n) is 5.72. The summed E-state index contributed by atoms with van der Waals surface area (Å²) < 4.78 is 13.9. The molecule has 2 aliphatic rings. The number of aliphatic imine (C=N–C) groups is 1. The first-order chi connectivity index (χ1) is 18.9. The lowest BCUT2D eigenvalue weighted by atomic mass is 9.95. The number of thiophene rings is 1. The van der Waals surface area contributed by atoms with Crippen molar-refractivity contribution in [1.29, 1.82) is 0 Å². The van der Waals surface area contributed by atoms with Crippen LogP contribution < -0.4 is 15.0 Å². The smallest absolute Gasteiger partial charge is 0.144 e. The van der Waals surface area contributed by atoms with Crippen LogP contribution in [-0.2, 0) is 4.74 Å². The predicted octanol–water partition coefficient (Wildman–Crippen LogP) is 8.46. The minimum absolute atomic E-state index is 0.462. The number of anilines is 2. The zero-order valence-corrected chi connectivity index (χ0v) is 24.9.